The lowest BCUT2D eigenvalue weighted by atomic mass is 9.68. The zero-order chi connectivity index (χ0) is 27.2. The Morgan fingerprint density at radius 1 is 0.744 bits per heavy atom. The monoisotopic (exact) mass is 542 g/mol. The van der Waals surface area contributed by atoms with Crippen molar-refractivity contribution in [2.75, 3.05) is 6.67 Å². The van der Waals surface area contributed by atoms with E-state index in [4.69, 9.17) is 0 Å². The quantitative estimate of drug-likeness (QED) is 0.306. The Labute approximate surface area is 236 Å². The molecule has 4 fully saturated rings. The Kier molecular flexibility index (Phi) is 10.6. The first kappa shape index (κ1) is 29.2. The van der Waals surface area contributed by atoms with E-state index in [0.29, 0.717) is 17.8 Å². The predicted octanol–water partition coefficient (Wildman–Crippen LogP) is 11.3. The van der Waals surface area contributed by atoms with Crippen molar-refractivity contribution >= 4 is 0 Å². The van der Waals surface area contributed by atoms with Crippen LogP contribution in [0.25, 0.3) is 0 Å². The van der Waals surface area contributed by atoms with Crippen molar-refractivity contribution in [3.63, 3.8) is 0 Å². The van der Waals surface area contributed by atoms with Crippen LogP contribution in [-0.4, -0.2) is 6.67 Å². The number of allylic oxidation sites excluding steroid dienone is 2. The van der Waals surface area contributed by atoms with E-state index in [1.807, 2.05) is 6.07 Å². The molecule has 0 aromatic heterocycles. The van der Waals surface area contributed by atoms with E-state index in [-0.39, 0.29) is 17.6 Å². The lowest BCUT2D eigenvalue weighted by Gasteiger charge is -2.37. The number of hydrogen-bond donors (Lipinski definition) is 0. The van der Waals surface area contributed by atoms with Crippen molar-refractivity contribution in [2.45, 2.75) is 128 Å². The van der Waals surface area contributed by atoms with E-state index in [2.05, 4.69) is 19.1 Å². The molecule has 0 aliphatic heterocycles. The molecule has 0 saturated heterocycles. The van der Waals surface area contributed by atoms with Gasteiger partial charge in [0.2, 0.25) is 0 Å². The highest BCUT2D eigenvalue weighted by atomic mass is 19.1. The van der Waals surface area contributed by atoms with Gasteiger partial charge in [-0.2, -0.15) is 0 Å². The fourth-order valence-electron chi connectivity index (χ4n) is 9.12. The zero-order valence-electron chi connectivity index (χ0n) is 24.5. The highest BCUT2D eigenvalue weighted by Crippen LogP contribution is 2.45. The second-order valence-corrected chi connectivity index (χ2v) is 14.2. The molecular weight excluding hydrogens is 489 g/mol. The fourth-order valence-corrected chi connectivity index (χ4v) is 9.12. The molecule has 4 aliphatic carbocycles. The molecule has 0 heterocycles. The summed E-state index contributed by atoms with van der Waals surface area (Å²) in [6.07, 6.45) is 22.9. The number of alkyl halides is 1. The van der Waals surface area contributed by atoms with Crippen LogP contribution in [0.5, 0.6) is 0 Å². The lowest BCUT2D eigenvalue weighted by Crippen LogP contribution is -2.26. The Hall–Kier alpha value is -1.25. The molecule has 1 aromatic rings. The van der Waals surface area contributed by atoms with Crippen LogP contribution in [0.2, 0.25) is 0 Å². The Morgan fingerprint density at radius 3 is 1.85 bits per heavy atom. The molecule has 0 radical (unpaired) electrons. The normalized spacial score (nSPS) is 36.6. The van der Waals surface area contributed by atoms with Gasteiger partial charge in [0, 0.05) is 5.92 Å². The molecule has 0 nitrogen and oxygen atoms in total. The summed E-state index contributed by atoms with van der Waals surface area (Å²) in [5.41, 5.74) is 2.15. The molecule has 0 bridgehead atoms. The van der Waals surface area contributed by atoms with Gasteiger partial charge in [0.25, 0.3) is 0 Å². The number of halogens is 3. The molecule has 4 saturated carbocycles. The van der Waals surface area contributed by atoms with Gasteiger partial charge < -0.3 is 0 Å². The van der Waals surface area contributed by atoms with Crippen LogP contribution in [0.15, 0.2) is 30.1 Å². The van der Waals surface area contributed by atoms with Gasteiger partial charge in [0.05, 0.1) is 0 Å². The van der Waals surface area contributed by atoms with Gasteiger partial charge in [-0.15, -0.1) is 0 Å². The minimum atomic E-state index is -0.690. The first-order chi connectivity index (χ1) is 19.0. The van der Waals surface area contributed by atoms with Crippen LogP contribution in [-0.2, 0) is 6.42 Å². The zero-order valence-corrected chi connectivity index (χ0v) is 24.5. The second-order valence-electron chi connectivity index (χ2n) is 14.2. The topological polar surface area (TPSA) is 0 Å². The molecule has 1 aromatic carbocycles. The summed E-state index contributed by atoms with van der Waals surface area (Å²) in [5, 5.41) is 0. The van der Waals surface area contributed by atoms with E-state index in [1.54, 1.807) is 0 Å². The van der Waals surface area contributed by atoms with E-state index in [1.165, 1.54) is 82.6 Å². The maximum Gasteiger partial charge on any atom is 0.126 e. The predicted molar refractivity (Wildman–Crippen MR) is 157 cm³/mol. The Morgan fingerprint density at radius 2 is 1.28 bits per heavy atom. The fraction of sp³-hybridized carbons (Fsp3) is 0.778. The van der Waals surface area contributed by atoms with Gasteiger partial charge >= 0.3 is 0 Å². The molecule has 0 atom stereocenters. The summed E-state index contributed by atoms with van der Waals surface area (Å²) in [7, 11) is 0. The summed E-state index contributed by atoms with van der Waals surface area (Å²) >= 11 is 0. The molecule has 0 amide bonds. The van der Waals surface area contributed by atoms with Crippen molar-refractivity contribution < 1.29 is 13.2 Å². The minimum Gasteiger partial charge on any atom is -0.246 e. The van der Waals surface area contributed by atoms with Crippen LogP contribution in [0, 0.1) is 47.2 Å². The van der Waals surface area contributed by atoms with Crippen LogP contribution in [0.4, 0.5) is 13.2 Å². The van der Waals surface area contributed by atoms with Gasteiger partial charge in [-0.05, 0) is 155 Å². The van der Waals surface area contributed by atoms with Gasteiger partial charge in [-0.25, -0.2) is 13.2 Å². The van der Waals surface area contributed by atoms with Crippen LogP contribution >= 0.6 is 0 Å². The average molecular weight is 543 g/mol. The van der Waals surface area contributed by atoms with Crippen LogP contribution in [0.3, 0.4) is 0 Å². The second kappa shape index (κ2) is 14.1. The van der Waals surface area contributed by atoms with Gasteiger partial charge in [-0.3, -0.25) is 0 Å². The molecule has 0 N–H and O–H groups in total. The van der Waals surface area contributed by atoms with Gasteiger partial charge in [0.1, 0.15) is 18.3 Å². The smallest absolute Gasteiger partial charge is 0.126 e. The maximum atomic E-state index is 15.2. The number of rotatable bonds is 8. The van der Waals surface area contributed by atoms with E-state index in [9.17, 15) is 8.78 Å². The minimum absolute atomic E-state index is 0.0235. The molecule has 4 aliphatic rings. The van der Waals surface area contributed by atoms with E-state index in [0.717, 1.165) is 73.8 Å². The molecule has 0 spiro atoms. The Balaban J connectivity index is 1.02. The van der Waals surface area contributed by atoms with E-state index >= 15 is 4.39 Å². The van der Waals surface area contributed by atoms with Crippen molar-refractivity contribution in [2.24, 2.45) is 41.4 Å². The summed E-state index contributed by atoms with van der Waals surface area (Å²) in [6, 6.07) is 6.21. The third kappa shape index (κ3) is 7.73. The van der Waals surface area contributed by atoms with Crippen molar-refractivity contribution in [1.29, 1.82) is 0 Å². The van der Waals surface area contributed by atoms with Gasteiger partial charge in [-0.1, -0.05) is 44.7 Å². The third-order valence-corrected chi connectivity index (χ3v) is 11.9. The van der Waals surface area contributed by atoms with Crippen molar-refractivity contribution in [3.8, 4) is 0 Å². The summed E-state index contributed by atoms with van der Waals surface area (Å²) < 4.78 is 41.5. The molecular formula is C36H53F3. The molecule has 0 unspecified atom stereocenters. The standard InChI is InChI=1S/C36H53F3/c1-25-2-7-27(8-3-25)29-12-14-31(15-13-29)34-21-20-33(36(39)24-34)11-6-26-4-9-28(10-5-26)30-16-18-32(19-17-30)35(38)22-23-37/h20-22,24-32H,2-19,23H2,1H3/b35-22-. The number of hydrogen-bond acceptors (Lipinski definition) is 0. The first-order valence-corrected chi connectivity index (χ1v) is 16.7. The molecule has 3 heteroatoms. The average Bonchev–Trinajstić information content (AvgIpc) is 2.97. The summed E-state index contributed by atoms with van der Waals surface area (Å²) in [6.45, 7) is 1.72. The van der Waals surface area contributed by atoms with Crippen LogP contribution < -0.4 is 0 Å². The first-order valence-electron chi connectivity index (χ1n) is 16.7. The van der Waals surface area contributed by atoms with Crippen molar-refractivity contribution in [1.82, 2.24) is 0 Å². The van der Waals surface area contributed by atoms with Crippen molar-refractivity contribution in [3.05, 3.63) is 47.0 Å². The van der Waals surface area contributed by atoms with Crippen LogP contribution in [0.1, 0.15) is 133 Å². The summed E-state index contributed by atoms with van der Waals surface area (Å²) in [5.74, 6) is 5.28. The molecule has 39 heavy (non-hydrogen) atoms. The SMILES string of the molecule is CC1CCC(C2CCC(c3ccc(CCC4CCC(C5CCC(/C(F)=C/CF)CC5)CC4)c(F)c3)CC2)CC1. The maximum absolute atomic E-state index is 15.2. The Bertz CT molecular complexity index is 905. The number of benzene rings is 1. The molecule has 5 rings (SSSR count). The largest absolute Gasteiger partial charge is 0.246 e. The summed E-state index contributed by atoms with van der Waals surface area (Å²) in [4.78, 5) is 0. The third-order valence-electron chi connectivity index (χ3n) is 11.9. The van der Waals surface area contributed by atoms with Gasteiger partial charge in [0.15, 0.2) is 0 Å². The highest BCUT2D eigenvalue weighted by Gasteiger charge is 2.33. The van der Waals surface area contributed by atoms with E-state index < -0.39 is 6.67 Å². The molecule has 218 valence electrons. The highest BCUT2D eigenvalue weighted by molar-refractivity contribution is 5.27. The lowest BCUT2D eigenvalue weighted by molar-refractivity contribution is 0.145. The number of aryl methyl sites for hydroxylation is 1.